The molecule has 0 spiro atoms. The lowest BCUT2D eigenvalue weighted by atomic mass is 10.1. The fraction of sp³-hybridized carbons (Fsp3) is 0.267. The lowest BCUT2D eigenvalue weighted by molar-refractivity contribution is -0.137. The zero-order chi connectivity index (χ0) is 18.1. The van der Waals surface area contributed by atoms with E-state index in [-0.39, 0.29) is 4.90 Å². The Hall–Kier alpha value is -1.64. The molecule has 0 aliphatic heterocycles. The Morgan fingerprint density at radius 3 is 2.25 bits per heavy atom. The SMILES string of the molecule is CC(c1ccncc1)N(C)S(=O)(=O)c1ccc(C(F)(F)F)cc1Cl. The molecule has 0 aliphatic carbocycles. The third kappa shape index (κ3) is 3.71. The van der Waals surface area contributed by atoms with E-state index in [1.54, 1.807) is 19.1 Å². The van der Waals surface area contributed by atoms with Gasteiger partial charge in [0.1, 0.15) is 4.90 Å². The number of sulfonamides is 1. The van der Waals surface area contributed by atoms with Crippen molar-refractivity contribution in [2.45, 2.75) is 24.0 Å². The number of halogens is 4. The molecule has 0 radical (unpaired) electrons. The van der Waals surface area contributed by atoms with Crippen molar-refractivity contribution in [1.29, 1.82) is 0 Å². The molecule has 130 valence electrons. The molecule has 1 aromatic carbocycles. The molecule has 2 rings (SSSR count). The Kier molecular flexibility index (Phi) is 5.22. The second kappa shape index (κ2) is 6.70. The molecule has 1 unspecified atom stereocenters. The zero-order valence-electron chi connectivity index (χ0n) is 12.7. The van der Waals surface area contributed by atoms with E-state index in [0.717, 1.165) is 10.4 Å². The van der Waals surface area contributed by atoms with E-state index in [2.05, 4.69) is 4.98 Å². The third-order valence-corrected chi connectivity index (χ3v) is 6.06. The fourth-order valence-corrected chi connectivity index (χ4v) is 3.97. The van der Waals surface area contributed by atoms with Crippen LogP contribution in [0.3, 0.4) is 0 Å². The number of rotatable bonds is 4. The number of hydrogen-bond donors (Lipinski definition) is 0. The maximum Gasteiger partial charge on any atom is 0.416 e. The quantitative estimate of drug-likeness (QED) is 0.803. The van der Waals surface area contributed by atoms with E-state index in [9.17, 15) is 21.6 Å². The number of benzene rings is 1. The fourth-order valence-electron chi connectivity index (χ4n) is 2.10. The highest BCUT2D eigenvalue weighted by Gasteiger charge is 2.33. The number of nitrogens with zero attached hydrogens (tertiary/aromatic N) is 2. The van der Waals surface area contributed by atoms with Gasteiger partial charge in [-0.25, -0.2) is 8.42 Å². The summed E-state index contributed by atoms with van der Waals surface area (Å²) in [6, 6.07) is 4.95. The summed E-state index contributed by atoms with van der Waals surface area (Å²) in [5.74, 6) is 0. The first kappa shape index (κ1) is 18.7. The summed E-state index contributed by atoms with van der Waals surface area (Å²) in [4.78, 5) is 3.48. The molecule has 0 bridgehead atoms. The predicted octanol–water partition coefficient (Wildman–Crippen LogP) is 4.14. The van der Waals surface area contributed by atoms with Crippen molar-refractivity contribution < 1.29 is 21.6 Å². The summed E-state index contributed by atoms with van der Waals surface area (Å²) in [6.45, 7) is 1.66. The highest BCUT2D eigenvalue weighted by molar-refractivity contribution is 7.89. The van der Waals surface area contributed by atoms with E-state index in [4.69, 9.17) is 11.6 Å². The van der Waals surface area contributed by atoms with E-state index < -0.39 is 32.8 Å². The van der Waals surface area contributed by atoms with Gasteiger partial charge >= 0.3 is 6.18 Å². The van der Waals surface area contributed by atoms with Crippen LogP contribution < -0.4 is 0 Å². The molecule has 24 heavy (non-hydrogen) atoms. The minimum absolute atomic E-state index is 0.374. The Bertz CT molecular complexity index is 826. The standard InChI is InChI=1S/C15H14ClF3N2O2S/c1-10(11-5-7-20-8-6-11)21(2)24(22,23)14-4-3-12(9-13(14)16)15(17,18)19/h3-10H,1-2H3. The summed E-state index contributed by atoms with van der Waals surface area (Å²) in [5, 5.41) is -0.474. The van der Waals surface area contributed by atoms with Crippen LogP contribution in [-0.4, -0.2) is 24.8 Å². The van der Waals surface area contributed by atoms with Gasteiger partial charge in [0.25, 0.3) is 0 Å². The van der Waals surface area contributed by atoms with E-state index in [0.29, 0.717) is 17.7 Å². The molecule has 0 saturated heterocycles. The number of pyridine rings is 1. The highest BCUT2D eigenvalue weighted by atomic mass is 35.5. The van der Waals surface area contributed by atoms with Crippen molar-refractivity contribution in [3.05, 3.63) is 58.9 Å². The van der Waals surface area contributed by atoms with Gasteiger partial charge in [-0.2, -0.15) is 17.5 Å². The second-order valence-corrected chi connectivity index (χ2v) is 7.49. The monoisotopic (exact) mass is 378 g/mol. The second-order valence-electron chi connectivity index (χ2n) is 5.12. The molecule has 0 fully saturated rings. The van der Waals surface area contributed by atoms with Crippen LogP contribution in [0.2, 0.25) is 5.02 Å². The lowest BCUT2D eigenvalue weighted by Gasteiger charge is -2.25. The number of aromatic nitrogens is 1. The molecule has 1 heterocycles. The molecule has 4 nitrogen and oxygen atoms in total. The minimum atomic E-state index is -4.60. The minimum Gasteiger partial charge on any atom is -0.265 e. The van der Waals surface area contributed by atoms with Crippen molar-refractivity contribution >= 4 is 21.6 Å². The lowest BCUT2D eigenvalue weighted by Crippen LogP contribution is -2.30. The van der Waals surface area contributed by atoms with Crippen molar-refractivity contribution in [3.8, 4) is 0 Å². The summed E-state index contributed by atoms with van der Waals surface area (Å²) < 4.78 is 64.4. The van der Waals surface area contributed by atoms with Gasteiger partial charge in [-0.15, -0.1) is 0 Å². The maximum atomic E-state index is 12.7. The van der Waals surface area contributed by atoms with Crippen LogP contribution in [0.5, 0.6) is 0 Å². The third-order valence-electron chi connectivity index (χ3n) is 3.65. The Labute approximate surface area is 142 Å². The van der Waals surface area contributed by atoms with Crippen LogP contribution in [0.25, 0.3) is 0 Å². The summed E-state index contributed by atoms with van der Waals surface area (Å²) >= 11 is 5.80. The van der Waals surface area contributed by atoms with Gasteiger partial charge in [0.15, 0.2) is 0 Å². The van der Waals surface area contributed by atoms with Gasteiger partial charge in [-0.3, -0.25) is 4.98 Å². The van der Waals surface area contributed by atoms with Gasteiger partial charge in [0.05, 0.1) is 10.6 Å². The smallest absolute Gasteiger partial charge is 0.265 e. The Balaban J connectivity index is 2.40. The largest absolute Gasteiger partial charge is 0.416 e. The van der Waals surface area contributed by atoms with Crippen molar-refractivity contribution in [1.82, 2.24) is 9.29 Å². The van der Waals surface area contributed by atoms with Gasteiger partial charge < -0.3 is 0 Å². The maximum absolute atomic E-state index is 12.7. The van der Waals surface area contributed by atoms with Crippen molar-refractivity contribution in [3.63, 3.8) is 0 Å². The predicted molar refractivity (Wildman–Crippen MR) is 84.1 cm³/mol. The first-order valence-corrected chi connectivity index (χ1v) is 8.61. The molecule has 1 aromatic heterocycles. The highest BCUT2D eigenvalue weighted by Crippen LogP contribution is 2.35. The van der Waals surface area contributed by atoms with E-state index in [1.165, 1.54) is 19.4 Å². The zero-order valence-corrected chi connectivity index (χ0v) is 14.3. The van der Waals surface area contributed by atoms with E-state index in [1.807, 2.05) is 0 Å². The average molecular weight is 379 g/mol. The first-order valence-electron chi connectivity index (χ1n) is 6.80. The van der Waals surface area contributed by atoms with Crippen molar-refractivity contribution in [2.24, 2.45) is 0 Å². The molecular weight excluding hydrogens is 365 g/mol. The molecule has 1 atom stereocenters. The number of hydrogen-bond acceptors (Lipinski definition) is 3. The molecule has 9 heteroatoms. The molecular formula is C15H14ClF3N2O2S. The van der Waals surface area contributed by atoms with Gasteiger partial charge in [-0.05, 0) is 42.8 Å². The van der Waals surface area contributed by atoms with Gasteiger partial charge in [0, 0.05) is 25.5 Å². The molecule has 2 aromatic rings. The van der Waals surface area contributed by atoms with Crippen LogP contribution in [0.15, 0.2) is 47.6 Å². The van der Waals surface area contributed by atoms with Crippen molar-refractivity contribution in [2.75, 3.05) is 7.05 Å². The molecule has 0 saturated carbocycles. The molecule has 0 aliphatic rings. The summed E-state index contributed by atoms with van der Waals surface area (Å²) in [6.07, 6.45) is -1.54. The van der Waals surface area contributed by atoms with E-state index >= 15 is 0 Å². The van der Waals surface area contributed by atoms with Crippen LogP contribution in [-0.2, 0) is 16.2 Å². The molecule has 0 amide bonds. The van der Waals surface area contributed by atoms with Crippen LogP contribution in [0, 0.1) is 0 Å². The van der Waals surface area contributed by atoms with Crippen LogP contribution >= 0.6 is 11.6 Å². The average Bonchev–Trinajstić information content (AvgIpc) is 2.53. The summed E-state index contributed by atoms with van der Waals surface area (Å²) in [7, 11) is -2.72. The van der Waals surface area contributed by atoms with Crippen LogP contribution in [0.4, 0.5) is 13.2 Å². The van der Waals surface area contributed by atoms with Crippen LogP contribution in [0.1, 0.15) is 24.1 Å². The number of alkyl halides is 3. The Morgan fingerprint density at radius 1 is 1.17 bits per heavy atom. The summed E-state index contributed by atoms with van der Waals surface area (Å²) in [5.41, 5.74) is -0.310. The Morgan fingerprint density at radius 2 is 1.75 bits per heavy atom. The van der Waals surface area contributed by atoms with Gasteiger partial charge in [-0.1, -0.05) is 11.6 Å². The normalized spacial score (nSPS) is 14.0. The van der Waals surface area contributed by atoms with Gasteiger partial charge in [0.2, 0.25) is 10.0 Å². The topological polar surface area (TPSA) is 50.3 Å². The first-order chi connectivity index (χ1) is 11.0. The molecule has 0 N–H and O–H groups in total.